The number of fused-ring (bicyclic) bond motifs is 1. The number of thiazole rings is 1. The molecule has 1 aromatic heterocycles. The van der Waals surface area contributed by atoms with E-state index in [1.54, 1.807) is 0 Å². The van der Waals surface area contributed by atoms with Crippen molar-refractivity contribution in [3.8, 4) is 0 Å². The second-order valence-electron chi connectivity index (χ2n) is 4.69. The number of para-hydroxylation sites is 1. The highest BCUT2D eigenvalue weighted by molar-refractivity contribution is 7.19. The molecule has 1 aromatic carbocycles. The number of hydrogen-bond donors (Lipinski definition) is 4. The smallest absolute Gasteiger partial charge is 0.344 e. The van der Waals surface area contributed by atoms with Crippen LogP contribution in [0.1, 0.15) is 10.9 Å². The normalized spacial score (nSPS) is 19.7. The summed E-state index contributed by atoms with van der Waals surface area (Å²) in [4.78, 5) is 39.5. The molecule has 9 nitrogen and oxygen atoms in total. The topological polar surface area (TPSA) is 139 Å². The van der Waals surface area contributed by atoms with E-state index in [2.05, 4.69) is 20.8 Å². The van der Waals surface area contributed by atoms with Crippen molar-refractivity contribution in [2.24, 2.45) is 10.9 Å². The number of hydrogen-bond acceptors (Lipinski definition) is 7. The fraction of sp³-hybridized carbons (Fsp3) is 0.154. The van der Waals surface area contributed by atoms with E-state index < -0.39 is 23.6 Å². The van der Waals surface area contributed by atoms with E-state index in [0.717, 1.165) is 10.2 Å². The van der Waals surface area contributed by atoms with Crippen LogP contribution in [-0.4, -0.2) is 35.0 Å². The second-order valence-corrected chi connectivity index (χ2v) is 5.75. The maximum absolute atomic E-state index is 12.2. The quantitative estimate of drug-likeness (QED) is 0.257. The first-order chi connectivity index (χ1) is 11.1. The van der Waals surface area contributed by atoms with Gasteiger partial charge in [0.1, 0.15) is 10.9 Å². The monoisotopic (exact) mass is 332 g/mol. The van der Waals surface area contributed by atoms with Gasteiger partial charge in [-0.3, -0.25) is 15.0 Å². The molecule has 1 aliphatic heterocycles. The maximum atomic E-state index is 12.2. The molecule has 1 atom stereocenters. The van der Waals surface area contributed by atoms with E-state index in [4.69, 9.17) is 5.84 Å². The highest BCUT2D eigenvalue weighted by Crippen LogP contribution is 2.30. The van der Waals surface area contributed by atoms with Gasteiger partial charge in [-0.15, -0.1) is 11.3 Å². The summed E-state index contributed by atoms with van der Waals surface area (Å²) in [5.74, 6) is 2.68. The van der Waals surface area contributed by atoms with Gasteiger partial charge in [-0.25, -0.2) is 21.0 Å². The molecule has 23 heavy (non-hydrogen) atoms. The highest BCUT2D eigenvalue weighted by atomic mass is 32.1. The number of hydrazone groups is 1. The predicted octanol–water partition coefficient (Wildman–Crippen LogP) is -0.392. The summed E-state index contributed by atoms with van der Waals surface area (Å²) in [5.41, 5.74) is 5.04. The minimum atomic E-state index is -0.917. The molecule has 5 N–H and O–H groups in total. The molecule has 0 saturated carbocycles. The number of nitrogens with one attached hydrogen (secondary N) is 3. The van der Waals surface area contributed by atoms with Gasteiger partial charge in [0, 0.05) is 0 Å². The van der Waals surface area contributed by atoms with Gasteiger partial charge < -0.3 is 5.32 Å². The average Bonchev–Trinajstić information content (AvgIpc) is 2.98. The Morgan fingerprint density at radius 1 is 1.39 bits per heavy atom. The number of amides is 3. The first-order valence-corrected chi connectivity index (χ1v) is 7.42. The van der Waals surface area contributed by atoms with Crippen LogP contribution in [0, 0.1) is 0 Å². The van der Waals surface area contributed by atoms with Crippen LogP contribution in [0.15, 0.2) is 29.4 Å². The summed E-state index contributed by atoms with van der Waals surface area (Å²) in [6, 6.07) is 6.66. The second kappa shape index (κ2) is 6.10. The highest BCUT2D eigenvalue weighted by Gasteiger charge is 2.38. The lowest BCUT2D eigenvalue weighted by Gasteiger charge is -2.21. The van der Waals surface area contributed by atoms with Gasteiger partial charge in [0.15, 0.2) is 0 Å². The summed E-state index contributed by atoms with van der Waals surface area (Å²) in [5, 5.41) is 6.74. The van der Waals surface area contributed by atoms with Crippen molar-refractivity contribution in [1.29, 1.82) is 0 Å². The lowest BCUT2D eigenvalue weighted by molar-refractivity contribution is -0.138. The average molecular weight is 332 g/mol. The molecule has 0 bridgehead atoms. The van der Waals surface area contributed by atoms with E-state index in [0.29, 0.717) is 5.01 Å². The molecule has 0 radical (unpaired) electrons. The molecular formula is C13H12N6O3S. The number of urea groups is 1. The summed E-state index contributed by atoms with van der Waals surface area (Å²) in [6.45, 7) is 0.0377. The van der Waals surface area contributed by atoms with Gasteiger partial charge in [-0.1, -0.05) is 12.1 Å². The van der Waals surface area contributed by atoms with Crippen molar-refractivity contribution >= 4 is 45.0 Å². The molecule has 1 aliphatic rings. The van der Waals surface area contributed by atoms with Crippen LogP contribution in [-0.2, 0) is 9.59 Å². The molecule has 118 valence electrons. The van der Waals surface area contributed by atoms with Gasteiger partial charge in [-0.2, -0.15) is 5.10 Å². The van der Waals surface area contributed by atoms with Crippen molar-refractivity contribution in [1.82, 2.24) is 21.2 Å². The Hall–Kier alpha value is -2.85. The Kier molecular flexibility index (Phi) is 4.00. The predicted molar refractivity (Wildman–Crippen MR) is 83.7 cm³/mol. The van der Waals surface area contributed by atoms with E-state index in [-0.39, 0.29) is 12.3 Å². The van der Waals surface area contributed by atoms with E-state index >= 15 is 0 Å². The molecule has 10 heteroatoms. The number of rotatable bonds is 2. The minimum absolute atomic E-state index is 0.0377. The van der Waals surface area contributed by atoms with Crippen LogP contribution < -0.4 is 22.0 Å². The number of nitrogens with two attached hydrogens (primary N) is 1. The molecule has 0 aliphatic carbocycles. The largest absolute Gasteiger partial charge is 0.349 e. The summed E-state index contributed by atoms with van der Waals surface area (Å²) >= 11 is 1.31. The SMILES string of the molecule is NNC(=O)N/N=C1/CNC(=O)C(=O)[C@@H]1c1nc2ccccc2s1. The number of carbonyl (C=O) groups is 3. The molecule has 1 saturated heterocycles. The van der Waals surface area contributed by atoms with Crippen molar-refractivity contribution in [2.75, 3.05) is 6.54 Å². The molecule has 3 rings (SSSR count). The van der Waals surface area contributed by atoms with Crippen molar-refractivity contribution in [3.05, 3.63) is 29.3 Å². The Morgan fingerprint density at radius 3 is 2.91 bits per heavy atom. The van der Waals surface area contributed by atoms with Gasteiger partial charge in [-0.05, 0) is 12.1 Å². The van der Waals surface area contributed by atoms with Crippen LogP contribution in [0.3, 0.4) is 0 Å². The van der Waals surface area contributed by atoms with Crippen LogP contribution >= 0.6 is 11.3 Å². The summed E-state index contributed by atoms with van der Waals surface area (Å²) in [6.07, 6.45) is 0. The lowest BCUT2D eigenvalue weighted by atomic mass is 9.94. The first kappa shape index (κ1) is 15.1. The number of ketones is 1. The minimum Gasteiger partial charge on any atom is -0.344 e. The van der Waals surface area contributed by atoms with Crippen LogP contribution in [0.25, 0.3) is 10.2 Å². The molecule has 2 heterocycles. The van der Waals surface area contributed by atoms with Crippen LogP contribution in [0.2, 0.25) is 0 Å². The van der Waals surface area contributed by atoms with E-state index in [1.807, 2.05) is 29.7 Å². The number of aromatic nitrogens is 1. The number of benzene rings is 1. The number of piperidine rings is 1. The third-order valence-electron chi connectivity index (χ3n) is 3.24. The first-order valence-electron chi connectivity index (χ1n) is 6.60. The molecule has 0 unspecified atom stereocenters. The van der Waals surface area contributed by atoms with E-state index in [1.165, 1.54) is 11.3 Å². The van der Waals surface area contributed by atoms with Gasteiger partial charge in [0.25, 0.3) is 5.91 Å². The van der Waals surface area contributed by atoms with Gasteiger partial charge in [0.05, 0.1) is 22.5 Å². The number of hydrazine groups is 1. The van der Waals surface area contributed by atoms with Gasteiger partial charge >= 0.3 is 6.03 Å². The molecule has 0 spiro atoms. The Bertz CT molecular complexity index is 797. The zero-order chi connectivity index (χ0) is 16.4. The fourth-order valence-corrected chi connectivity index (χ4v) is 3.26. The number of nitrogens with zero attached hydrogens (tertiary/aromatic N) is 2. The summed E-state index contributed by atoms with van der Waals surface area (Å²) in [7, 11) is 0. The molecule has 1 fully saturated rings. The molecular weight excluding hydrogens is 320 g/mol. The van der Waals surface area contributed by atoms with Crippen LogP contribution in [0.4, 0.5) is 4.79 Å². The van der Waals surface area contributed by atoms with E-state index in [9.17, 15) is 14.4 Å². The summed E-state index contributed by atoms with van der Waals surface area (Å²) < 4.78 is 0.897. The van der Waals surface area contributed by atoms with Crippen molar-refractivity contribution in [2.45, 2.75) is 5.92 Å². The van der Waals surface area contributed by atoms with Crippen molar-refractivity contribution in [3.63, 3.8) is 0 Å². The third kappa shape index (κ3) is 2.89. The number of carbonyl (C=O) groups excluding carboxylic acids is 3. The fourth-order valence-electron chi connectivity index (χ4n) is 2.17. The zero-order valence-electron chi connectivity index (χ0n) is 11.7. The Morgan fingerprint density at radius 2 is 2.17 bits per heavy atom. The Balaban J connectivity index is 2.00. The molecule has 2 aromatic rings. The standard InChI is InChI=1S/C13H12N6O3S/c14-17-13(22)19-18-7-5-15-11(21)10(20)9(7)12-16-6-3-1-2-4-8(6)23-12/h1-4,9H,5,14H2,(H,15,21)(H2,17,19,22)/b18-7-/t9-/m1/s1. The van der Waals surface area contributed by atoms with Crippen molar-refractivity contribution < 1.29 is 14.4 Å². The van der Waals surface area contributed by atoms with Crippen LogP contribution in [0.5, 0.6) is 0 Å². The number of Topliss-reactive ketones (excluding diaryl/α,β-unsaturated/α-hetero) is 1. The zero-order valence-corrected chi connectivity index (χ0v) is 12.5. The molecule has 3 amide bonds. The lowest BCUT2D eigenvalue weighted by Crippen LogP contribution is -2.49. The third-order valence-corrected chi connectivity index (χ3v) is 4.34. The van der Waals surface area contributed by atoms with Gasteiger partial charge in [0.2, 0.25) is 5.78 Å². The maximum Gasteiger partial charge on any atom is 0.349 e. The Labute approximate surface area is 133 Å².